The first-order valence-corrected chi connectivity index (χ1v) is 9.13. The molecule has 4 heteroatoms. The fraction of sp³-hybridized carbons (Fsp3) is 1.00. The molecule has 0 aliphatic carbocycles. The van der Waals surface area contributed by atoms with Gasteiger partial charge >= 0.3 is 0 Å². The highest BCUT2D eigenvalue weighted by atomic mass is 28.3. The van der Waals surface area contributed by atoms with E-state index >= 15 is 0 Å². The Morgan fingerprint density at radius 3 is 2.22 bits per heavy atom. The largest absolute Gasteiger partial charge is 0.420 e. The van der Waals surface area contributed by atoms with E-state index in [0.29, 0.717) is 6.10 Å². The lowest BCUT2D eigenvalue weighted by molar-refractivity contribution is -0.0214. The van der Waals surface area contributed by atoms with Crippen LogP contribution in [-0.2, 0) is 9.16 Å². The Bertz CT molecular complexity index is 240. The van der Waals surface area contributed by atoms with Gasteiger partial charge in [0.05, 0.1) is 6.10 Å². The van der Waals surface area contributed by atoms with Crippen LogP contribution in [0.15, 0.2) is 0 Å². The average molecular weight is 272 g/mol. The standard InChI is InChI=1S/C14H30NO2Si/c1-13(2)10-12(11-14(3,4)15-13)17-8-7-9-18(6)16-5/h12,15H,7-11H2,1-6H3. The van der Waals surface area contributed by atoms with Gasteiger partial charge in [0, 0.05) is 24.8 Å². The lowest BCUT2D eigenvalue weighted by Gasteiger charge is -2.46. The van der Waals surface area contributed by atoms with Crippen LogP contribution in [0.3, 0.4) is 0 Å². The molecule has 0 saturated carbocycles. The first-order chi connectivity index (χ1) is 8.24. The summed E-state index contributed by atoms with van der Waals surface area (Å²) >= 11 is 0. The lowest BCUT2D eigenvalue weighted by atomic mass is 9.81. The number of hydrogen-bond donors (Lipinski definition) is 1. The van der Waals surface area contributed by atoms with Crippen molar-refractivity contribution in [1.29, 1.82) is 0 Å². The Hall–Kier alpha value is 0.0969. The van der Waals surface area contributed by atoms with Crippen LogP contribution in [0.1, 0.15) is 47.0 Å². The molecule has 18 heavy (non-hydrogen) atoms. The van der Waals surface area contributed by atoms with E-state index in [1.165, 1.54) is 6.04 Å². The molecular formula is C14H30NO2Si. The predicted molar refractivity (Wildman–Crippen MR) is 78.3 cm³/mol. The zero-order valence-corrected chi connectivity index (χ0v) is 13.9. The molecule has 0 aromatic heterocycles. The maximum absolute atomic E-state index is 6.07. The van der Waals surface area contributed by atoms with Crippen LogP contribution in [-0.4, -0.2) is 39.9 Å². The predicted octanol–water partition coefficient (Wildman–Crippen LogP) is 2.97. The molecule has 1 saturated heterocycles. The van der Waals surface area contributed by atoms with E-state index in [4.69, 9.17) is 9.16 Å². The Morgan fingerprint density at radius 2 is 1.72 bits per heavy atom. The monoisotopic (exact) mass is 272 g/mol. The van der Waals surface area contributed by atoms with Crippen molar-refractivity contribution in [3.63, 3.8) is 0 Å². The number of rotatable bonds is 6. The highest BCUT2D eigenvalue weighted by molar-refractivity contribution is 6.50. The van der Waals surface area contributed by atoms with Gasteiger partial charge in [-0.05, 0) is 59.5 Å². The molecule has 1 N–H and O–H groups in total. The molecule has 0 bridgehead atoms. The van der Waals surface area contributed by atoms with Crippen molar-refractivity contribution >= 4 is 9.04 Å². The molecule has 3 nitrogen and oxygen atoms in total. The Morgan fingerprint density at radius 1 is 1.17 bits per heavy atom. The molecule has 107 valence electrons. The fourth-order valence-electron chi connectivity index (χ4n) is 3.02. The molecule has 0 amide bonds. The van der Waals surface area contributed by atoms with Crippen molar-refractivity contribution in [2.45, 2.75) is 76.7 Å². The van der Waals surface area contributed by atoms with Gasteiger partial charge in [0.15, 0.2) is 0 Å². The van der Waals surface area contributed by atoms with Gasteiger partial charge in [-0.3, -0.25) is 0 Å². The molecule has 0 atom stereocenters. The molecule has 0 aromatic rings. The smallest absolute Gasteiger partial charge is 0.207 e. The maximum atomic E-state index is 6.07. The molecule has 1 heterocycles. The van der Waals surface area contributed by atoms with Gasteiger partial charge in [0.2, 0.25) is 9.04 Å². The normalized spacial score (nSPS) is 23.5. The van der Waals surface area contributed by atoms with Gasteiger partial charge in [0.25, 0.3) is 0 Å². The molecule has 1 radical (unpaired) electrons. The van der Waals surface area contributed by atoms with Crippen LogP contribution in [0.2, 0.25) is 12.6 Å². The third-order valence-corrected chi connectivity index (χ3v) is 5.28. The van der Waals surface area contributed by atoms with Gasteiger partial charge < -0.3 is 14.5 Å². The first-order valence-electron chi connectivity index (χ1n) is 7.01. The van der Waals surface area contributed by atoms with E-state index in [1.807, 2.05) is 7.11 Å². The average Bonchev–Trinajstić information content (AvgIpc) is 2.19. The van der Waals surface area contributed by atoms with Crippen molar-refractivity contribution in [2.75, 3.05) is 13.7 Å². The van der Waals surface area contributed by atoms with Crippen LogP contribution in [0.25, 0.3) is 0 Å². The molecule has 0 spiro atoms. The van der Waals surface area contributed by atoms with E-state index in [-0.39, 0.29) is 11.1 Å². The van der Waals surface area contributed by atoms with Crippen molar-refractivity contribution in [3.8, 4) is 0 Å². The second-order valence-corrected chi connectivity index (χ2v) is 9.12. The van der Waals surface area contributed by atoms with E-state index in [9.17, 15) is 0 Å². The van der Waals surface area contributed by atoms with Gasteiger partial charge in [-0.25, -0.2) is 0 Å². The summed E-state index contributed by atoms with van der Waals surface area (Å²) in [6.07, 6.45) is 3.73. The fourth-order valence-corrected chi connectivity index (χ4v) is 3.87. The van der Waals surface area contributed by atoms with E-state index in [2.05, 4.69) is 39.6 Å². The van der Waals surface area contributed by atoms with Crippen LogP contribution < -0.4 is 5.32 Å². The highest BCUT2D eigenvalue weighted by Crippen LogP contribution is 2.30. The Kier molecular flexibility index (Phi) is 5.84. The van der Waals surface area contributed by atoms with Crippen molar-refractivity contribution < 1.29 is 9.16 Å². The van der Waals surface area contributed by atoms with Crippen LogP contribution >= 0.6 is 0 Å². The number of nitrogens with one attached hydrogen (secondary N) is 1. The lowest BCUT2D eigenvalue weighted by Crippen LogP contribution is -2.59. The SMILES string of the molecule is CO[Si](C)CCCOC1CC(C)(C)NC(C)(C)C1. The molecule has 0 unspecified atom stereocenters. The van der Waals surface area contributed by atoms with Gasteiger partial charge in [-0.15, -0.1) is 0 Å². The molecular weight excluding hydrogens is 242 g/mol. The summed E-state index contributed by atoms with van der Waals surface area (Å²) in [6.45, 7) is 12.2. The zero-order valence-electron chi connectivity index (χ0n) is 12.9. The summed E-state index contributed by atoms with van der Waals surface area (Å²) in [5, 5.41) is 3.68. The van der Waals surface area contributed by atoms with Crippen molar-refractivity contribution in [1.82, 2.24) is 5.32 Å². The van der Waals surface area contributed by atoms with Gasteiger partial charge in [-0.2, -0.15) is 0 Å². The van der Waals surface area contributed by atoms with Crippen LogP contribution in [0.4, 0.5) is 0 Å². The topological polar surface area (TPSA) is 30.5 Å². The van der Waals surface area contributed by atoms with Crippen molar-refractivity contribution in [3.05, 3.63) is 0 Å². The summed E-state index contributed by atoms with van der Waals surface area (Å²) < 4.78 is 11.4. The molecule has 1 aliphatic rings. The summed E-state index contributed by atoms with van der Waals surface area (Å²) in [6, 6.07) is 1.18. The molecule has 1 fully saturated rings. The maximum Gasteiger partial charge on any atom is 0.207 e. The third kappa shape index (κ3) is 5.82. The third-order valence-electron chi connectivity index (χ3n) is 3.53. The minimum absolute atomic E-state index is 0.179. The second kappa shape index (κ2) is 6.50. The van der Waals surface area contributed by atoms with Crippen LogP contribution in [0, 0.1) is 0 Å². The Balaban J connectivity index is 2.29. The minimum atomic E-state index is -0.569. The zero-order chi connectivity index (χ0) is 13.8. The quantitative estimate of drug-likeness (QED) is 0.595. The van der Waals surface area contributed by atoms with Gasteiger partial charge in [-0.1, -0.05) is 0 Å². The summed E-state index contributed by atoms with van der Waals surface area (Å²) in [7, 11) is 1.24. The first kappa shape index (κ1) is 16.2. The van der Waals surface area contributed by atoms with Gasteiger partial charge in [0.1, 0.15) is 0 Å². The van der Waals surface area contributed by atoms with Crippen LogP contribution in [0.5, 0.6) is 0 Å². The minimum Gasteiger partial charge on any atom is -0.420 e. The number of piperidine rings is 1. The number of hydrogen-bond acceptors (Lipinski definition) is 3. The molecule has 1 rings (SSSR count). The molecule has 1 aliphatic heterocycles. The second-order valence-electron chi connectivity index (χ2n) is 6.80. The van der Waals surface area contributed by atoms with E-state index in [0.717, 1.165) is 25.9 Å². The highest BCUT2D eigenvalue weighted by Gasteiger charge is 2.37. The summed E-state index contributed by atoms with van der Waals surface area (Å²) in [4.78, 5) is 0. The molecule has 0 aromatic carbocycles. The van der Waals surface area contributed by atoms with E-state index < -0.39 is 9.04 Å². The Labute approximate surface area is 114 Å². The summed E-state index contributed by atoms with van der Waals surface area (Å²) in [5.74, 6) is 0. The van der Waals surface area contributed by atoms with E-state index in [1.54, 1.807) is 0 Å². The number of ether oxygens (including phenoxy) is 1. The van der Waals surface area contributed by atoms with Crippen molar-refractivity contribution in [2.24, 2.45) is 0 Å². The summed E-state index contributed by atoms with van der Waals surface area (Å²) in [5.41, 5.74) is 0.358.